The summed E-state index contributed by atoms with van der Waals surface area (Å²) >= 11 is 0. The molecule has 1 atom stereocenters. The fourth-order valence-corrected chi connectivity index (χ4v) is 3.78. The molecule has 2 heterocycles. The van der Waals surface area contributed by atoms with E-state index in [0.29, 0.717) is 24.3 Å². The van der Waals surface area contributed by atoms with E-state index in [0.717, 1.165) is 11.1 Å². The van der Waals surface area contributed by atoms with Crippen LogP contribution in [0.2, 0.25) is 0 Å². The molecule has 1 fully saturated rings. The van der Waals surface area contributed by atoms with Gasteiger partial charge in [0.15, 0.2) is 0 Å². The molecule has 4 amide bonds. The second kappa shape index (κ2) is 7.58. The maximum atomic E-state index is 13.3. The number of nitrogens with zero attached hydrogens (tertiary/aromatic N) is 2. The third-order valence-electron chi connectivity index (χ3n) is 5.26. The highest BCUT2D eigenvalue weighted by Crippen LogP contribution is 2.30. The molecule has 4 rings (SSSR count). The lowest BCUT2D eigenvalue weighted by Gasteiger charge is -2.39. The number of fused-ring (bicyclic) bond motifs is 2. The summed E-state index contributed by atoms with van der Waals surface area (Å²) in [5, 5.41) is 5.72. The number of carbonyl (C=O) groups is 3. The molecular formula is C22H24N4O3. The van der Waals surface area contributed by atoms with Crippen LogP contribution < -0.4 is 10.6 Å². The lowest BCUT2D eigenvalue weighted by molar-refractivity contribution is -0.121. The molecule has 0 saturated carbocycles. The van der Waals surface area contributed by atoms with Crippen LogP contribution in [0, 0.1) is 0 Å². The van der Waals surface area contributed by atoms with Gasteiger partial charge in [-0.15, -0.1) is 0 Å². The Balaban J connectivity index is 1.62. The topological polar surface area (TPSA) is 81.8 Å². The van der Waals surface area contributed by atoms with E-state index in [2.05, 4.69) is 10.6 Å². The van der Waals surface area contributed by atoms with E-state index in [-0.39, 0.29) is 30.4 Å². The molecular weight excluding hydrogens is 368 g/mol. The van der Waals surface area contributed by atoms with Gasteiger partial charge in [0.05, 0.1) is 17.8 Å². The van der Waals surface area contributed by atoms with Gasteiger partial charge in [0.1, 0.15) is 6.04 Å². The van der Waals surface area contributed by atoms with Crippen LogP contribution in [-0.4, -0.2) is 59.4 Å². The summed E-state index contributed by atoms with van der Waals surface area (Å²) in [4.78, 5) is 41.6. The lowest BCUT2D eigenvalue weighted by atomic mass is 10.0. The number of rotatable bonds is 2. The second-order valence-corrected chi connectivity index (χ2v) is 7.68. The van der Waals surface area contributed by atoms with Gasteiger partial charge in [-0.3, -0.25) is 9.59 Å². The Labute approximate surface area is 169 Å². The van der Waals surface area contributed by atoms with Crippen LogP contribution in [0.15, 0.2) is 48.5 Å². The maximum absolute atomic E-state index is 13.3. The molecule has 0 aliphatic carbocycles. The highest BCUT2D eigenvalue weighted by molar-refractivity contribution is 6.10. The van der Waals surface area contributed by atoms with E-state index in [4.69, 9.17) is 0 Å². The van der Waals surface area contributed by atoms with Gasteiger partial charge in [0.25, 0.3) is 5.91 Å². The summed E-state index contributed by atoms with van der Waals surface area (Å²) < 4.78 is 0. The minimum absolute atomic E-state index is 0.00536. The lowest BCUT2D eigenvalue weighted by Crippen LogP contribution is -2.61. The Bertz CT molecular complexity index is 958. The number of hydrogen-bond donors (Lipinski definition) is 2. The van der Waals surface area contributed by atoms with Crippen LogP contribution >= 0.6 is 0 Å². The Morgan fingerprint density at radius 1 is 1.07 bits per heavy atom. The molecule has 2 aliphatic heterocycles. The monoisotopic (exact) mass is 392 g/mol. The predicted molar refractivity (Wildman–Crippen MR) is 111 cm³/mol. The molecule has 0 bridgehead atoms. The van der Waals surface area contributed by atoms with E-state index in [1.54, 1.807) is 15.9 Å². The van der Waals surface area contributed by atoms with Gasteiger partial charge >= 0.3 is 6.03 Å². The van der Waals surface area contributed by atoms with Gasteiger partial charge in [0, 0.05) is 19.1 Å². The zero-order valence-electron chi connectivity index (χ0n) is 16.5. The molecule has 7 heteroatoms. The van der Waals surface area contributed by atoms with Gasteiger partial charge in [-0.25, -0.2) is 4.79 Å². The molecule has 1 saturated heterocycles. The number of urea groups is 1. The first kappa shape index (κ1) is 19.0. The first-order valence-electron chi connectivity index (χ1n) is 9.81. The molecule has 2 aliphatic rings. The van der Waals surface area contributed by atoms with E-state index in [9.17, 15) is 14.4 Å². The number of amides is 4. The molecule has 0 aromatic heterocycles. The van der Waals surface area contributed by atoms with Gasteiger partial charge in [-0.05, 0) is 37.1 Å². The first-order valence-corrected chi connectivity index (χ1v) is 9.81. The number of benzene rings is 2. The van der Waals surface area contributed by atoms with Crippen LogP contribution in [0.4, 0.5) is 10.5 Å². The minimum atomic E-state index is -0.707. The van der Waals surface area contributed by atoms with Crippen molar-refractivity contribution in [2.24, 2.45) is 0 Å². The van der Waals surface area contributed by atoms with Crippen LogP contribution in [0.1, 0.15) is 24.2 Å². The summed E-state index contributed by atoms with van der Waals surface area (Å²) in [6.07, 6.45) is 0. The second-order valence-electron chi connectivity index (χ2n) is 7.68. The van der Waals surface area contributed by atoms with Crippen LogP contribution in [0.25, 0.3) is 11.1 Å². The summed E-state index contributed by atoms with van der Waals surface area (Å²) in [5.74, 6) is -0.461. The largest absolute Gasteiger partial charge is 0.336 e. The standard InChI is InChI=1S/C22H24N4O3/c1-14(2)23-22(29)25-10-11-26-19(13-25)20(27)24-18-9-8-16(12-17(18)21(26)28)15-6-4-3-5-7-15/h3-9,12,14,19H,10-11,13H2,1-2H3,(H,23,29)(H,24,27)/t19-/m1/s1. The van der Waals surface area contributed by atoms with E-state index >= 15 is 0 Å². The highest BCUT2D eigenvalue weighted by Gasteiger charge is 2.40. The average molecular weight is 392 g/mol. The van der Waals surface area contributed by atoms with Crippen LogP contribution in [-0.2, 0) is 4.79 Å². The van der Waals surface area contributed by atoms with Crippen LogP contribution in [0.3, 0.4) is 0 Å². The summed E-state index contributed by atoms with van der Waals surface area (Å²) in [5.41, 5.74) is 2.90. The van der Waals surface area contributed by atoms with Crippen molar-refractivity contribution in [2.75, 3.05) is 25.0 Å². The normalized spacial score (nSPS) is 18.7. The third kappa shape index (κ3) is 3.68. The Morgan fingerprint density at radius 3 is 2.55 bits per heavy atom. The average Bonchev–Trinajstić information content (AvgIpc) is 2.82. The highest BCUT2D eigenvalue weighted by atomic mass is 16.2. The number of nitrogens with one attached hydrogen (secondary N) is 2. The van der Waals surface area contributed by atoms with Crippen molar-refractivity contribution in [3.63, 3.8) is 0 Å². The number of carbonyl (C=O) groups excluding carboxylic acids is 3. The maximum Gasteiger partial charge on any atom is 0.317 e. The molecule has 2 aromatic carbocycles. The summed E-state index contributed by atoms with van der Waals surface area (Å²) in [7, 11) is 0. The van der Waals surface area contributed by atoms with Crippen molar-refractivity contribution in [3.05, 3.63) is 54.1 Å². The molecule has 0 radical (unpaired) electrons. The van der Waals surface area contributed by atoms with Crippen molar-refractivity contribution >= 4 is 23.5 Å². The van der Waals surface area contributed by atoms with Gasteiger partial charge in [-0.1, -0.05) is 36.4 Å². The van der Waals surface area contributed by atoms with Crippen molar-refractivity contribution in [1.82, 2.24) is 15.1 Å². The zero-order valence-corrected chi connectivity index (χ0v) is 16.5. The molecule has 150 valence electrons. The molecule has 2 aromatic rings. The first-order chi connectivity index (χ1) is 13.9. The Hall–Kier alpha value is -3.35. The third-order valence-corrected chi connectivity index (χ3v) is 5.26. The van der Waals surface area contributed by atoms with Gasteiger partial charge in [-0.2, -0.15) is 0 Å². The zero-order chi connectivity index (χ0) is 20.5. The molecule has 29 heavy (non-hydrogen) atoms. The smallest absolute Gasteiger partial charge is 0.317 e. The minimum Gasteiger partial charge on any atom is -0.336 e. The molecule has 7 nitrogen and oxygen atoms in total. The van der Waals surface area contributed by atoms with Crippen molar-refractivity contribution in [1.29, 1.82) is 0 Å². The predicted octanol–water partition coefficient (Wildman–Crippen LogP) is 2.55. The van der Waals surface area contributed by atoms with Crippen molar-refractivity contribution < 1.29 is 14.4 Å². The SMILES string of the molecule is CC(C)NC(=O)N1CCN2C(=O)c3cc(-c4ccccc4)ccc3NC(=O)[C@H]2C1. The summed E-state index contributed by atoms with van der Waals surface area (Å²) in [6, 6.07) is 14.4. The number of anilines is 1. The van der Waals surface area contributed by atoms with Crippen molar-refractivity contribution in [2.45, 2.75) is 25.9 Å². The fraction of sp³-hybridized carbons (Fsp3) is 0.318. The fourth-order valence-electron chi connectivity index (χ4n) is 3.78. The van der Waals surface area contributed by atoms with Crippen molar-refractivity contribution in [3.8, 4) is 11.1 Å². The molecule has 2 N–H and O–H groups in total. The Kier molecular flexibility index (Phi) is 4.96. The quantitative estimate of drug-likeness (QED) is 0.824. The van der Waals surface area contributed by atoms with Gasteiger partial charge < -0.3 is 20.4 Å². The van der Waals surface area contributed by atoms with E-state index in [1.807, 2.05) is 56.3 Å². The number of piperazine rings is 1. The Morgan fingerprint density at radius 2 is 1.83 bits per heavy atom. The molecule has 0 spiro atoms. The summed E-state index contributed by atoms with van der Waals surface area (Å²) in [6.45, 7) is 4.66. The van der Waals surface area contributed by atoms with E-state index < -0.39 is 6.04 Å². The number of hydrogen-bond acceptors (Lipinski definition) is 3. The van der Waals surface area contributed by atoms with Crippen LogP contribution in [0.5, 0.6) is 0 Å². The van der Waals surface area contributed by atoms with E-state index in [1.165, 1.54) is 0 Å². The molecule has 0 unspecified atom stereocenters. The van der Waals surface area contributed by atoms with Gasteiger partial charge in [0.2, 0.25) is 5.91 Å².